The number of hydrogen-bond donors (Lipinski definition) is 3. The number of rotatable bonds is 16. The average Bonchev–Trinajstić information content (AvgIpc) is 3.81. The van der Waals surface area contributed by atoms with E-state index in [4.69, 9.17) is 21.1 Å². The smallest absolute Gasteiger partial charge is 0.326 e. The molecule has 1 saturated carbocycles. The molecular weight excluding hydrogens is 748 g/mol. The topological polar surface area (TPSA) is 155 Å². The maximum Gasteiger partial charge on any atom is 0.326 e. The molecule has 1 saturated heterocycles. The number of hydrogen-bond acceptors (Lipinski definition) is 7. The largest absolute Gasteiger partial charge is 0.497 e. The maximum atomic E-state index is 14.7. The van der Waals surface area contributed by atoms with E-state index < -0.39 is 35.5 Å². The van der Waals surface area contributed by atoms with Crippen LogP contribution in [0.25, 0.3) is 0 Å². The lowest BCUT2D eigenvalue weighted by atomic mass is 9.81. The van der Waals surface area contributed by atoms with Gasteiger partial charge in [-0.25, -0.2) is 4.79 Å². The van der Waals surface area contributed by atoms with Crippen molar-refractivity contribution in [3.8, 4) is 11.5 Å². The SMILES string of the molecule is COc1ccc(C[C@@H]2C(=O)N(c3ccc(CC(NC(=O)C4(CCNC(C)=O)CCCC4)C(=O)O)cc3)C(c3ccc(Cl)cc3)N2C(=O)COc2ccccc2)cc1. The zero-order valence-corrected chi connectivity index (χ0v) is 32.7. The number of aliphatic carboxylic acids is 1. The highest BCUT2D eigenvalue weighted by Crippen LogP contribution is 2.42. The van der Waals surface area contributed by atoms with Crippen LogP contribution in [0.15, 0.2) is 103 Å². The van der Waals surface area contributed by atoms with E-state index in [1.165, 1.54) is 6.92 Å². The number of ether oxygens (including phenoxy) is 2. The molecule has 4 amide bonds. The van der Waals surface area contributed by atoms with Gasteiger partial charge in [-0.05, 0) is 84.5 Å². The highest BCUT2D eigenvalue weighted by atomic mass is 35.5. The summed E-state index contributed by atoms with van der Waals surface area (Å²) in [5, 5.41) is 16.2. The van der Waals surface area contributed by atoms with Gasteiger partial charge in [0.25, 0.3) is 11.8 Å². The number of halogens is 1. The molecule has 298 valence electrons. The van der Waals surface area contributed by atoms with E-state index in [2.05, 4.69) is 10.6 Å². The first-order valence-electron chi connectivity index (χ1n) is 19.1. The minimum absolute atomic E-state index is 0.000775. The fourth-order valence-electron chi connectivity index (χ4n) is 7.78. The van der Waals surface area contributed by atoms with Crippen LogP contribution in [0.4, 0.5) is 5.69 Å². The number of anilines is 1. The van der Waals surface area contributed by atoms with E-state index in [1.807, 2.05) is 30.3 Å². The number of nitrogens with zero attached hydrogens (tertiary/aromatic N) is 2. The number of para-hydroxylation sites is 1. The van der Waals surface area contributed by atoms with Gasteiger partial charge in [0.15, 0.2) is 6.61 Å². The van der Waals surface area contributed by atoms with Gasteiger partial charge in [-0.2, -0.15) is 0 Å². The Labute approximate surface area is 337 Å². The van der Waals surface area contributed by atoms with Crippen molar-refractivity contribution in [1.29, 1.82) is 0 Å². The predicted octanol–water partition coefficient (Wildman–Crippen LogP) is 6.11. The maximum absolute atomic E-state index is 14.7. The summed E-state index contributed by atoms with van der Waals surface area (Å²) >= 11 is 6.29. The van der Waals surface area contributed by atoms with Gasteiger partial charge >= 0.3 is 5.97 Å². The summed E-state index contributed by atoms with van der Waals surface area (Å²) in [7, 11) is 1.57. The molecule has 2 aliphatic rings. The van der Waals surface area contributed by atoms with Crippen LogP contribution in [0.3, 0.4) is 0 Å². The lowest BCUT2D eigenvalue weighted by Gasteiger charge is -2.32. The van der Waals surface area contributed by atoms with Gasteiger partial charge in [0.2, 0.25) is 11.8 Å². The van der Waals surface area contributed by atoms with Crippen LogP contribution in [-0.4, -0.2) is 71.9 Å². The van der Waals surface area contributed by atoms with E-state index in [9.17, 15) is 29.1 Å². The molecule has 1 aliphatic heterocycles. The van der Waals surface area contributed by atoms with E-state index in [1.54, 1.807) is 89.7 Å². The monoisotopic (exact) mass is 794 g/mol. The van der Waals surface area contributed by atoms with Gasteiger partial charge in [-0.15, -0.1) is 0 Å². The second-order valence-corrected chi connectivity index (χ2v) is 15.0. The number of carbonyl (C=O) groups is 5. The van der Waals surface area contributed by atoms with Gasteiger partial charge in [-0.1, -0.05) is 79.0 Å². The number of methoxy groups -OCH3 is 1. The predicted molar refractivity (Wildman–Crippen MR) is 215 cm³/mol. The van der Waals surface area contributed by atoms with Crippen molar-refractivity contribution >= 4 is 46.9 Å². The minimum atomic E-state index is -1.21. The van der Waals surface area contributed by atoms with Crippen LogP contribution in [0.2, 0.25) is 5.02 Å². The van der Waals surface area contributed by atoms with E-state index in [-0.39, 0.29) is 37.2 Å². The molecule has 6 rings (SSSR count). The van der Waals surface area contributed by atoms with Gasteiger partial charge in [0.05, 0.1) is 12.5 Å². The minimum Gasteiger partial charge on any atom is -0.497 e. The zero-order valence-electron chi connectivity index (χ0n) is 32.0. The Bertz CT molecular complexity index is 2040. The zero-order chi connectivity index (χ0) is 40.5. The van der Waals surface area contributed by atoms with Crippen molar-refractivity contribution in [1.82, 2.24) is 15.5 Å². The Kier molecular flexibility index (Phi) is 13.1. The molecule has 13 heteroatoms. The molecule has 2 unspecified atom stereocenters. The number of amides is 4. The highest BCUT2D eigenvalue weighted by molar-refractivity contribution is 6.30. The van der Waals surface area contributed by atoms with E-state index in [0.29, 0.717) is 59.1 Å². The summed E-state index contributed by atoms with van der Waals surface area (Å²) in [6.45, 7) is 1.44. The Hall–Kier alpha value is -5.88. The third-order valence-corrected chi connectivity index (χ3v) is 11.0. The molecule has 4 aromatic rings. The molecule has 3 N–H and O–H groups in total. The molecule has 57 heavy (non-hydrogen) atoms. The Morgan fingerprint density at radius 1 is 0.877 bits per heavy atom. The Morgan fingerprint density at radius 2 is 1.53 bits per heavy atom. The van der Waals surface area contributed by atoms with Crippen LogP contribution in [-0.2, 0) is 36.8 Å². The number of carboxylic acids is 1. The number of nitrogens with one attached hydrogen (secondary N) is 2. The normalized spacial score (nSPS) is 17.8. The molecule has 0 aromatic heterocycles. The molecular formula is C44H47ClN4O8. The number of benzene rings is 4. The molecule has 3 atom stereocenters. The van der Waals surface area contributed by atoms with Crippen molar-refractivity contribution in [2.45, 2.75) is 70.1 Å². The van der Waals surface area contributed by atoms with Gasteiger partial charge in [0, 0.05) is 37.0 Å². The van der Waals surface area contributed by atoms with Crippen LogP contribution in [0.1, 0.15) is 61.9 Å². The molecule has 4 aromatic carbocycles. The molecule has 2 fully saturated rings. The summed E-state index contributed by atoms with van der Waals surface area (Å²) in [5.41, 5.74) is 1.83. The molecule has 1 aliphatic carbocycles. The van der Waals surface area contributed by atoms with Crippen LogP contribution < -0.4 is 25.0 Å². The van der Waals surface area contributed by atoms with Gasteiger partial charge < -0.3 is 30.1 Å². The molecule has 0 bridgehead atoms. The first-order chi connectivity index (χ1) is 27.5. The van der Waals surface area contributed by atoms with Crippen molar-refractivity contribution in [2.75, 3.05) is 25.2 Å². The second kappa shape index (κ2) is 18.4. The van der Waals surface area contributed by atoms with Gasteiger partial charge in [0.1, 0.15) is 29.7 Å². The quantitative estimate of drug-likeness (QED) is 0.123. The summed E-state index contributed by atoms with van der Waals surface area (Å²) in [5.74, 6) is -1.23. The summed E-state index contributed by atoms with van der Waals surface area (Å²) in [6.07, 6.45) is 2.71. The van der Waals surface area contributed by atoms with Gasteiger partial charge in [-0.3, -0.25) is 24.1 Å². The fraction of sp³-hybridized carbons (Fsp3) is 0.341. The van der Waals surface area contributed by atoms with Crippen molar-refractivity contribution in [3.63, 3.8) is 0 Å². The van der Waals surface area contributed by atoms with Crippen molar-refractivity contribution in [2.24, 2.45) is 5.41 Å². The van der Waals surface area contributed by atoms with Crippen molar-refractivity contribution in [3.05, 3.63) is 125 Å². The lowest BCUT2D eigenvalue weighted by molar-refractivity contribution is -0.144. The standard InChI is InChI=1S/C44H47ClN4O8/c1-29(50)46-25-24-44(22-6-7-23-44)43(55)47-37(42(53)54)26-30-10-18-34(19-11-30)48-40(32-14-16-33(45)17-15-32)49(39(51)28-57-36-8-4-3-5-9-36)38(41(48)52)27-31-12-20-35(56-2)21-13-31/h3-5,8-21,37-38,40H,6-7,22-28H2,1-2H3,(H,46,50)(H,47,55)(H,53,54)/t37?,38-,40?/m1/s1. The number of carboxylic acid groups (broad SMARTS) is 1. The first kappa shape index (κ1) is 40.8. The van der Waals surface area contributed by atoms with Crippen LogP contribution in [0.5, 0.6) is 11.5 Å². The summed E-state index contributed by atoms with van der Waals surface area (Å²) < 4.78 is 11.2. The third-order valence-electron chi connectivity index (χ3n) is 10.8. The first-order valence-corrected chi connectivity index (χ1v) is 19.4. The molecule has 0 spiro atoms. The Balaban J connectivity index is 1.29. The average molecular weight is 795 g/mol. The highest BCUT2D eigenvalue weighted by Gasteiger charge is 2.50. The third kappa shape index (κ3) is 9.75. The van der Waals surface area contributed by atoms with Crippen molar-refractivity contribution < 1.29 is 38.6 Å². The fourth-order valence-corrected chi connectivity index (χ4v) is 7.91. The van der Waals surface area contributed by atoms with Crippen LogP contribution >= 0.6 is 11.6 Å². The van der Waals surface area contributed by atoms with E-state index in [0.717, 1.165) is 18.4 Å². The molecule has 12 nitrogen and oxygen atoms in total. The molecule has 1 heterocycles. The summed E-state index contributed by atoms with van der Waals surface area (Å²) in [6, 6.07) is 28.1. The number of carbonyl (C=O) groups excluding carboxylic acids is 4. The summed E-state index contributed by atoms with van der Waals surface area (Å²) in [4.78, 5) is 69.7. The lowest BCUT2D eigenvalue weighted by Crippen LogP contribution is -2.49. The second-order valence-electron chi connectivity index (χ2n) is 14.6. The van der Waals surface area contributed by atoms with E-state index >= 15 is 0 Å². The van der Waals surface area contributed by atoms with Crippen LogP contribution in [0, 0.1) is 5.41 Å². The molecule has 0 radical (unpaired) electrons. The Morgan fingerprint density at radius 3 is 2.14 bits per heavy atom.